The van der Waals surface area contributed by atoms with Crippen molar-refractivity contribution in [2.45, 2.75) is 12.7 Å². The molecule has 0 aliphatic carbocycles. The first-order valence-electron chi connectivity index (χ1n) is 5.35. The summed E-state index contributed by atoms with van der Waals surface area (Å²) in [4.78, 5) is 0.176. The Bertz CT molecular complexity index is 532. The summed E-state index contributed by atoms with van der Waals surface area (Å²) in [6.07, 6.45) is 0. The molecule has 0 radical (unpaired) electrons. The van der Waals surface area contributed by atoms with Crippen LogP contribution in [0, 0.1) is 0 Å². The molecule has 0 aliphatic rings. The van der Waals surface area contributed by atoms with Crippen molar-refractivity contribution in [1.82, 2.24) is 4.31 Å². The largest absolute Gasteiger partial charge is 0.392 e. The fourth-order valence-electron chi connectivity index (χ4n) is 1.51. The number of rotatable bonds is 6. The van der Waals surface area contributed by atoms with Gasteiger partial charge in [-0.2, -0.15) is 4.31 Å². The molecule has 7 heteroatoms. The maximum absolute atomic E-state index is 12.2. The molecule has 0 atom stereocenters. The summed E-state index contributed by atoms with van der Waals surface area (Å²) in [6.45, 7) is 2.20. The number of likely N-dealkylation sites (N-methyl/N-ethyl adjacent to an activating group) is 1. The van der Waals surface area contributed by atoms with Gasteiger partial charge in [-0.05, 0) is 17.7 Å². The Morgan fingerprint density at radius 1 is 1.50 bits per heavy atom. The van der Waals surface area contributed by atoms with Gasteiger partial charge in [0.25, 0.3) is 0 Å². The SMILES string of the molecule is CCN(CC(N)=S)S(=O)(=O)Cc1cccc(Br)c1. The second-order valence-corrected chi connectivity index (χ2v) is 7.19. The van der Waals surface area contributed by atoms with Crippen LogP contribution in [0.4, 0.5) is 0 Å². The molecule has 0 amide bonds. The predicted molar refractivity (Wildman–Crippen MR) is 80.8 cm³/mol. The second kappa shape index (κ2) is 6.60. The van der Waals surface area contributed by atoms with Crippen molar-refractivity contribution in [3.05, 3.63) is 34.3 Å². The topological polar surface area (TPSA) is 63.4 Å². The summed E-state index contributed by atoms with van der Waals surface area (Å²) in [5, 5.41) is 0. The average molecular weight is 351 g/mol. The highest BCUT2D eigenvalue weighted by molar-refractivity contribution is 9.10. The number of hydrogen-bond donors (Lipinski definition) is 1. The molecule has 0 unspecified atom stereocenters. The number of hydrogen-bond acceptors (Lipinski definition) is 3. The minimum absolute atomic E-state index is 0.0527. The van der Waals surface area contributed by atoms with E-state index >= 15 is 0 Å². The smallest absolute Gasteiger partial charge is 0.218 e. The van der Waals surface area contributed by atoms with Crippen LogP contribution in [0.3, 0.4) is 0 Å². The molecule has 0 saturated heterocycles. The molecule has 0 aromatic heterocycles. The number of halogens is 1. The summed E-state index contributed by atoms with van der Waals surface area (Å²) in [6, 6.07) is 7.21. The molecule has 4 nitrogen and oxygen atoms in total. The van der Waals surface area contributed by atoms with Gasteiger partial charge in [0.2, 0.25) is 10.0 Å². The second-order valence-electron chi connectivity index (χ2n) is 3.78. The van der Waals surface area contributed by atoms with Crippen molar-refractivity contribution in [2.75, 3.05) is 13.1 Å². The molecule has 1 aromatic carbocycles. The van der Waals surface area contributed by atoms with Gasteiger partial charge in [-0.25, -0.2) is 8.42 Å². The van der Waals surface area contributed by atoms with Gasteiger partial charge in [0.15, 0.2) is 0 Å². The minimum atomic E-state index is -3.39. The van der Waals surface area contributed by atoms with Gasteiger partial charge in [0.05, 0.1) is 17.3 Å². The molecular formula is C11H15BrN2O2S2. The summed E-state index contributed by atoms with van der Waals surface area (Å²) in [7, 11) is -3.39. The highest BCUT2D eigenvalue weighted by atomic mass is 79.9. The van der Waals surface area contributed by atoms with Gasteiger partial charge in [-0.15, -0.1) is 0 Å². The van der Waals surface area contributed by atoms with Gasteiger partial charge in [0, 0.05) is 11.0 Å². The van der Waals surface area contributed by atoms with E-state index in [2.05, 4.69) is 15.9 Å². The monoisotopic (exact) mass is 350 g/mol. The molecule has 18 heavy (non-hydrogen) atoms. The van der Waals surface area contributed by atoms with E-state index in [-0.39, 0.29) is 17.3 Å². The number of sulfonamides is 1. The van der Waals surface area contributed by atoms with Crippen LogP contribution < -0.4 is 5.73 Å². The van der Waals surface area contributed by atoms with E-state index in [1.165, 1.54) is 4.31 Å². The van der Waals surface area contributed by atoms with Crippen LogP contribution >= 0.6 is 28.1 Å². The molecular weight excluding hydrogens is 336 g/mol. The highest BCUT2D eigenvalue weighted by Gasteiger charge is 2.21. The van der Waals surface area contributed by atoms with Crippen molar-refractivity contribution in [3.63, 3.8) is 0 Å². The zero-order valence-corrected chi connectivity index (χ0v) is 13.2. The van der Waals surface area contributed by atoms with Crippen LogP contribution in [0.25, 0.3) is 0 Å². The third kappa shape index (κ3) is 4.64. The van der Waals surface area contributed by atoms with Gasteiger partial charge < -0.3 is 5.73 Å². The first kappa shape index (κ1) is 15.6. The molecule has 0 bridgehead atoms. The van der Waals surface area contributed by atoms with Crippen molar-refractivity contribution in [1.29, 1.82) is 0 Å². The molecule has 2 N–H and O–H groups in total. The summed E-state index contributed by atoms with van der Waals surface area (Å²) < 4.78 is 26.5. The lowest BCUT2D eigenvalue weighted by Crippen LogP contribution is -2.38. The van der Waals surface area contributed by atoms with E-state index in [9.17, 15) is 8.42 Å². The molecule has 0 fully saturated rings. The number of thiocarbonyl (C=S) groups is 1. The van der Waals surface area contributed by atoms with Gasteiger partial charge in [-0.1, -0.05) is 47.2 Å². The quantitative estimate of drug-likeness (QED) is 0.795. The zero-order chi connectivity index (χ0) is 13.8. The number of nitrogens with two attached hydrogens (primary N) is 1. The minimum Gasteiger partial charge on any atom is -0.392 e. The van der Waals surface area contributed by atoms with Gasteiger partial charge in [-0.3, -0.25) is 0 Å². The maximum Gasteiger partial charge on any atom is 0.218 e. The average Bonchev–Trinajstić information content (AvgIpc) is 2.24. The summed E-state index contributed by atoms with van der Waals surface area (Å²) in [5.41, 5.74) is 6.13. The summed E-state index contributed by atoms with van der Waals surface area (Å²) in [5.74, 6) is -0.0527. The maximum atomic E-state index is 12.2. The number of nitrogens with zero attached hydrogens (tertiary/aromatic N) is 1. The fourth-order valence-corrected chi connectivity index (χ4v) is 3.71. The zero-order valence-electron chi connectivity index (χ0n) is 9.97. The van der Waals surface area contributed by atoms with Crippen LogP contribution in [0.5, 0.6) is 0 Å². The van der Waals surface area contributed by atoms with Crippen LogP contribution in [0.2, 0.25) is 0 Å². The lowest BCUT2D eigenvalue weighted by atomic mass is 10.2. The van der Waals surface area contributed by atoms with E-state index in [1.54, 1.807) is 25.1 Å². The van der Waals surface area contributed by atoms with Gasteiger partial charge >= 0.3 is 0 Å². The molecule has 0 saturated carbocycles. The Labute approximate surface area is 121 Å². The van der Waals surface area contributed by atoms with Crippen molar-refractivity contribution < 1.29 is 8.42 Å². The molecule has 1 aromatic rings. The van der Waals surface area contributed by atoms with Crippen molar-refractivity contribution in [2.24, 2.45) is 5.73 Å². The van der Waals surface area contributed by atoms with Crippen molar-refractivity contribution in [3.8, 4) is 0 Å². The van der Waals surface area contributed by atoms with Crippen LogP contribution in [0.15, 0.2) is 28.7 Å². The number of benzene rings is 1. The lowest BCUT2D eigenvalue weighted by Gasteiger charge is -2.19. The summed E-state index contributed by atoms with van der Waals surface area (Å²) >= 11 is 8.07. The standard InChI is InChI=1S/C11H15BrN2O2S2/c1-2-14(7-11(13)17)18(15,16)8-9-4-3-5-10(12)6-9/h3-6H,2,7-8H2,1H3,(H2,13,17). The van der Waals surface area contributed by atoms with Crippen LogP contribution in [-0.2, 0) is 15.8 Å². The Balaban J connectivity index is 2.89. The Kier molecular flexibility index (Phi) is 5.71. The van der Waals surface area contributed by atoms with Gasteiger partial charge in [0.1, 0.15) is 0 Å². The lowest BCUT2D eigenvalue weighted by molar-refractivity contribution is 0.467. The van der Waals surface area contributed by atoms with E-state index < -0.39 is 10.0 Å². The van der Waals surface area contributed by atoms with E-state index in [0.717, 1.165) is 10.0 Å². The fraction of sp³-hybridized carbons (Fsp3) is 0.364. The molecule has 0 heterocycles. The van der Waals surface area contributed by atoms with Crippen LogP contribution in [0.1, 0.15) is 12.5 Å². The van der Waals surface area contributed by atoms with Crippen LogP contribution in [-0.4, -0.2) is 30.8 Å². The third-order valence-electron chi connectivity index (χ3n) is 2.32. The molecule has 1 rings (SSSR count). The van der Waals surface area contributed by atoms with E-state index in [0.29, 0.717) is 6.54 Å². The normalized spacial score (nSPS) is 11.7. The highest BCUT2D eigenvalue weighted by Crippen LogP contribution is 2.15. The van der Waals surface area contributed by atoms with Crippen molar-refractivity contribution >= 4 is 43.2 Å². The first-order valence-corrected chi connectivity index (χ1v) is 8.16. The van der Waals surface area contributed by atoms with E-state index in [1.807, 2.05) is 6.07 Å². The first-order chi connectivity index (χ1) is 8.35. The third-order valence-corrected chi connectivity index (χ3v) is 4.81. The molecule has 100 valence electrons. The Hall–Kier alpha value is -0.500. The molecule has 0 spiro atoms. The predicted octanol–water partition coefficient (Wildman–Crippen LogP) is 1.89. The van der Waals surface area contributed by atoms with E-state index in [4.69, 9.17) is 18.0 Å². The molecule has 0 aliphatic heterocycles. The Morgan fingerprint density at radius 2 is 2.17 bits per heavy atom. The Morgan fingerprint density at radius 3 is 2.67 bits per heavy atom.